The van der Waals surface area contributed by atoms with Crippen LogP contribution in [0.4, 0.5) is 0 Å². The Bertz CT molecular complexity index is 391. The molecule has 0 aromatic carbocycles. The lowest BCUT2D eigenvalue weighted by atomic mass is 9.99. The molecule has 0 aromatic rings. The van der Waals surface area contributed by atoms with E-state index >= 15 is 0 Å². The molecule has 4 fully saturated rings. The Morgan fingerprint density at radius 1 is 0.484 bits per heavy atom. The SMILES string of the molecule is CCCCC(P(C1CCCCC1)C1CCCCC1)P(C1CCCCC1)C1CCCCC1. The van der Waals surface area contributed by atoms with Gasteiger partial charge in [-0.2, -0.15) is 0 Å². The average Bonchev–Trinajstić information content (AvgIpc) is 2.85. The highest BCUT2D eigenvalue weighted by molar-refractivity contribution is 7.77. The molecule has 0 heterocycles. The first kappa shape index (κ1) is 25.0. The van der Waals surface area contributed by atoms with Gasteiger partial charge < -0.3 is 0 Å². The van der Waals surface area contributed by atoms with E-state index in [0.29, 0.717) is 0 Å². The minimum atomic E-state index is 0.268. The fourth-order valence-electron chi connectivity index (χ4n) is 7.93. The van der Waals surface area contributed by atoms with Crippen LogP contribution < -0.4 is 0 Å². The standard InChI is InChI=1S/C29H54P2/c1-2-3-24-29(30(25-16-8-4-9-17-25)26-18-10-5-11-19-26)31(27-20-12-6-13-21-27)28-22-14-7-15-23-28/h25-29H,2-24H2,1H3. The maximum atomic E-state index is 2.48. The van der Waals surface area contributed by atoms with Gasteiger partial charge in [0.25, 0.3) is 0 Å². The maximum Gasteiger partial charge on any atom is 0.000410 e. The quantitative estimate of drug-likeness (QED) is 0.298. The van der Waals surface area contributed by atoms with Crippen molar-refractivity contribution in [2.45, 2.75) is 183 Å². The van der Waals surface area contributed by atoms with Crippen molar-refractivity contribution in [3.63, 3.8) is 0 Å². The molecule has 31 heavy (non-hydrogen) atoms. The van der Waals surface area contributed by atoms with Crippen molar-refractivity contribution in [3.8, 4) is 0 Å². The van der Waals surface area contributed by atoms with Gasteiger partial charge in [-0.1, -0.05) is 113 Å². The predicted molar refractivity (Wildman–Crippen MR) is 145 cm³/mol. The van der Waals surface area contributed by atoms with Crippen LogP contribution in [0.15, 0.2) is 0 Å². The van der Waals surface area contributed by atoms with Crippen LogP contribution in [-0.2, 0) is 0 Å². The molecule has 0 saturated heterocycles. The summed E-state index contributed by atoms with van der Waals surface area (Å²) in [6.45, 7) is 2.48. The van der Waals surface area contributed by atoms with Crippen molar-refractivity contribution in [2.75, 3.05) is 0 Å². The lowest BCUT2D eigenvalue weighted by Gasteiger charge is -2.51. The van der Waals surface area contributed by atoms with Gasteiger partial charge in [-0.05, 0) is 80.4 Å². The van der Waals surface area contributed by atoms with Crippen LogP contribution in [0.3, 0.4) is 0 Å². The number of unbranched alkanes of at least 4 members (excludes halogenated alkanes) is 1. The molecule has 180 valence electrons. The van der Waals surface area contributed by atoms with Gasteiger partial charge >= 0.3 is 0 Å². The van der Waals surface area contributed by atoms with E-state index in [0.717, 1.165) is 0 Å². The van der Waals surface area contributed by atoms with Crippen molar-refractivity contribution in [3.05, 3.63) is 0 Å². The Hall–Kier alpha value is 0.860. The van der Waals surface area contributed by atoms with E-state index in [1.165, 1.54) is 34.5 Å². The monoisotopic (exact) mass is 464 g/mol. The van der Waals surface area contributed by atoms with Gasteiger partial charge in [0.2, 0.25) is 0 Å². The van der Waals surface area contributed by atoms with Gasteiger partial charge in [-0.3, -0.25) is 0 Å². The lowest BCUT2D eigenvalue weighted by molar-refractivity contribution is 0.475. The van der Waals surface area contributed by atoms with Crippen LogP contribution >= 0.6 is 15.8 Å². The summed E-state index contributed by atoms with van der Waals surface area (Å²) >= 11 is 0. The van der Waals surface area contributed by atoms with Crippen molar-refractivity contribution >= 4 is 15.8 Å². The van der Waals surface area contributed by atoms with Crippen LogP contribution in [0.25, 0.3) is 0 Å². The van der Waals surface area contributed by atoms with E-state index in [4.69, 9.17) is 0 Å². The Kier molecular flexibility index (Phi) is 11.0. The number of rotatable bonds is 9. The third kappa shape index (κ3) is 6.94. The van der Waals surface area contributed by atoms with Crippen molar-refractivity contribution < 1.29 is 0 Å². The lowest BCUT2D eigenvalue weighted by Crippen LogP contribution is -2.32. The molecule has 4 saturated carbocycles. The summed E-state index contributed by atoms with van der Waals surface area (Å²) in [5.41, 5.74) is 4.69. The highest BCUT2D eigenvalue weighted by Gasteiger charge is 2.44. The van der Waals surface area contributed by atoms with Crippen LogP contribution in [0.2, 0.25) is 0 Å². The predicted octanol–water partition coefficient (Wildman–Crippen LogP) is 10.8. The molecular formula is C29H54P2. The highest BCUT2D eigenvalue weighted by Crippen LogP contribution is 2.73. The molecule has 0 amide bonds. The topological polar surface area (TPSA) is 0 Å². The molecule has 0 bridgehead atoms. The zero-order valence-corrected chi connectivity index (χ0v) is 22.8. The minimum absolute atomic E-state index is 0.268. The molecule has 4 rings (SSSR count). The van der Waals surface area contributed by atoms with Crippen LogP contribution in [-0.4, -0.2) is 28.0 Å². The molecule has 0 spiro atoms. The van der Waals surface area contributed by atoms with E-state index in [1.54, 1.807) is 141 Å². The fourth-order valence-corrected chi connectivity index (χ4v) is 19.4. The van der Waals surface area contributed by atoms with Gasteiger partial charge in [0.15, 0.2) is 0 Å². The van der Waals surface area contributed by atoms with Crippen molar-refractivity contribution in [2.24, 2.45) is 0 Å². The smallest absolute Gasteiger partial charge is 0.000410 e. The molecule has 4 aliphatic carbocycles. The van der Waals surface area contributed by atoms with E-state index in [9.17, 15) is 0 Å². The first-order valence-electron chi connectivity index (χ1n) is 14.9. The summed E-state index contributed by atoms with van der Waals surface area (Å²) in [6, 6.07) is 0. The van der Waals surface area contributed by atoms with E-state index in [1.807, 2.05) is 0 Å². The van der Waals surface area contributed by atoms with Gasteiger partial charge in [0.05, 0.1) is 0 Å². The molecule has 0 aromatic heterocycles. The van der Waals surface area contributed by atoms with Gasteiger partial charge in [-0.15, -0.1) is 0 Å². The van der Waals surface area contributed by atoms with Crippen LogP contribution in [0.5, 0.6) is 0 Å². The summed E-state index contributed by atoms with van der Waals surface area (Å²) < 4.78 is 0. The molecule has 0 atom stereocenters. The summed E-state index contributed by atoms with van der Waals surface area (Å²) in [5.74, 6) is 0. The summed E-state index contributed by atoms with van der Waals surface area (Å²) in [5, 5.41) is 1.21. The highest BCUT2D eigenvalue weighted by atomic mass is 31.2. The first-order valence-corrected chi connectivity index (χ1v) is 18.0. The number of hydrogen-bond acceptors (Lipinski definition) is 0. The van der Waals surface area contributed by atoms with Crippen LogP contribution in [0.1, 0.15) is 155 Å². The molecule has 0 N–H and O–H groups in total. The largest absolute Gasteiger partial charge is 0.0927 e. The molecule has 0 aliphatic heterocycles. The van der Waals surface area contributed by atoms with Gasteiger partial charge in [0, 0.05) is 5.40 Å². The summed E-state index contributed by atoms with van der Waals surface area (Å²) in [6.07, 6.45) is 36.4. The second kappa shape index (κ2) is 13.7. The van der Waals surface area contributed by atoms with Crippen molar-refractivity contribution in [1.29, 1.82) is 0 Å². The fraction of sp³-hybridized carbons (Fsp3) is 1.00. The maximum absolute atomic E-state index is 2.48. The average molecular weight is 465 g/mol. The molecular weight excluding hydrogens is 410 g/mol. The Labute approximate surface area is 198 Å². The van der Waals surface area contributed by atoms with E-state index in [2.05, 4.69) is 6.92 Å². The molecule has 4 aliphatic rings. The summed E-state index contributed by atoms with van der Waals surface area (Å²) in [4.78, 5) is 0. The van der Waals surface area contributed by atoms with E-state index in [-0.39, 0.29) is 15.8 Å². The molecule has 0 unspecified atom stereocenters. The van der Waals surface area contributed by atoms with Gasteiger partial charge in [0.1, 0.15) is 0 Å². The third-order valence-corrected chi connectivity index (χ3v) is 18.4. The van der Waals surface area contributed by atoms with Crippen molar-refractivity contribution in [1.82, 2.24) is 0 Å². The van der Waals surface area contributed by atoms with Gasteiger partial charge in [-0.25, -0.2) is 0 Å². The first-order chi connectivity index (χ1) is 15.4. The zero-order chi connectivity index (χ0) is 21.3. The minimum Gasteiger partial charge on any atom is -0.0927 e. The second-order valence-corrected chi connectivity index (χ2v) is 18.0. The number of hydrogen-bond donors (Lipinski definition) is 0. The Balaban J connectivity index is 1.64. The molecule has 2 heteroatoms. The normalized spacial score (nSPS) is 26.3. The summed E-state index contributed by atoms with van der Waals surface area (Å²) in [7, 11) is 0.536. The Morgan fingerprint density at radius 2 is 0.774 bits per heavy atom. The molecule has 0 radical (unpaired) electrons. The zero-order valence-electron chi connectivity index (χ0n) is 21.0. The van der Waals surface area contributed by atoms with Crippen LogP contribution in [0, 0.1) is 0 Å². The second-order valence-electron chi connectivity index (χ2n) is 11.7. The van der Waals surface area contributed by atoms with E-state index < -0.39 is 0 Å². The third-order valence-electron chi connectivity index (χ3n) is 9.49. The molecule has 0 nitrogen and oxygen atoms in total. The Morgan fingerprint density at radius 3 is 1.03 bits per heavy atom.